The van der Waals surface area contributed by atoms with Gasteiger partial charge in [0, 0.05) is 17.6 Å². The SMILES string of the molecule is COc1ccc(OC)c(C(C)NC(C)c2ccc(OC(F)(F)F)cc2)c1. The smallest absolute Gasteiger partial charge is 0.497 e. The molecule has 0 spiro atoms. The van der Waals surface area contributed by atoms with Crippen molar-refractivity contribution in [1.82, 2.24) is 5.32 Å². The predicted octanol–water partition coefficient (Wildman–Crippen LogP) is 5.01. The second-order valence-electron chi connectivity index (χ2n) is 5.83. The van der Waals surface area contributed by atoms with Gasteiger partial charge in [-0.1, -0.05) is 12.1 Å². The summed E-state index contributed by atoms with van der Waals surface area (Å²) < 4.78 is 51.3. The molecule has 2 aromatic carbocycles. The van der Waals surface area contributed by atoms with Gasteiger partial charge in [0.15, 0.2) is 0 Å². The summed E-state index contributed by atoms with van der Waals surface area (Å²) >= 11 is 0. The van der Waals surface area contributed by atoms with E-state index >= 15 is 0 Å². The number of rotatable bonds is 7. The highest BCUT2D eigenvalue weighted by Crippen LogP contribution is 2.31. The van der Waals surface area contributed by atoms with Crippen LogP contribution >= 0.6 is 0 Å². The third-order valence-electron chi connectivity index (χ3n) is 4.02. The standard InChI is InChI=1S/C19H22F3NO3/c1-12(14-5-7-15(8-6-14)26-19(20,21)22)23-13(2)17-11-16(24-3)9-10-18(17)25-4/h5-13,23H,1-4H3. The Morgan fingerprint density at radius 1 is 0.846 bits per heavy atom. The minimum absolute atomic E-state index is 0.0684. The average molecular weight is 369 g/mol. The lowest BCUT2D eigenvalue weighted by molar-refractivity contribution is -0.274. The molecule has 142 valence electrons. The van der Waals surface area contributed by atoms with Crippen LogP contribution in [0.2, 0.25) is 0 Å². The maximum Gasteiger partial charge on any atom is 0.573 e. The van der Waals surface area contributed by atoms with Gasteiger partial charge < -0.3 is 19.5 Å². The third kappa shape index (κ3) is 5.29. The van der Waals surface area contributed by atoms with E-state index in [4.69, 9.17) is 9.47 Å². The highest BCUT2D eigenvalue weighted by atomic mass is 19.4. The van der Waals surface area contributed by atoms with E-state index in [-0.39, 0.29) is 17.8 Å². The Morgan fingerprint density at radius 3 is 2.00 bits per heavy atom. The summed E-state index contributed by atoms with van der Waals surface area (Å²) in [6.45, 7) is 3.91. The zero-order valence-corrected chi connectivity index (χ0v) is 15.1. The Bertz CT molecular complexity index is 717. The van der Waals surface area contributed by atoms with Crippen molar-refractivity contribution in [2.45, 2.75) is 32.3 Å². The van der Waals surface area contributed by atoms with Crippen molar-refractivity contribution in [3.8, 4) is 17.2 Å². The van der Waals surface area contributed by atoms with Crippen LogP contribution in [-0.4, -0.2) is 20.6 Å². The monoisotopic (exact) mass is 369 g/mol. The quantitative estimate of drug-likeness (QED) is 0.744. The van der Waals surface area contributed by atoms with E-state index in [0.29, 0.717) is 0 Å². The second kappa shape index (κ2) is 8.31. The fraction of sp³-hybridized carbons (Fsp3) is 0.368. The zero-order valence-electron chi connectivity index (χ0n) is 15.1. The van der Waals surface area contributed by atoms with Gasteiger partial charge in [0.25, 0.3) is 0 Å². The largest absolute Gasteiger partial charge is 0.573 e. The first-order valence-electron chi connectivity index (χ1n) is 8.07. The predicted molar refractivity (Wildman–Crippen MR) is 92.6 cm³/mol. The molecule has 4 nitrogen and oxygen atoms in total. The van der Waals surface area contributed by atoms with Crippen LogP contribution in [0.1, 0.15) is 37.1 Å². The van der Waals surface area contributed by atoms with Gasteiger partial charge in [-0.3, -0.25) is 0 Å². The number of nitrogens with one attached hydrogen (secondary N) is 1. The van der Waals surface area contributed by atoms with Crippen LogP contribution in [0, 0.1) is 0 Å². The lowest BCUT2D eigenvalue weighted by Crippen LogP contribution is -2.23. The van der Waals surface area contributed by atoms with Gasteiger partial charge in [-0.25, -0.2) is 0 Å². The molecule has 2 rings (SSSR count). The Morgan fingerprint density at radius 2 is 1.46 bits per heavy atom. The Hall–Kier alpha value is -2.41. The average Bonchev–Trinajstić information content (AvgIpc) is 2.60. The minimum atomic E-state index is -4.69. The highest BCUT2D eigenvalue weighted by Gasteiger charge is 2.31. The van der Waals surface area contributed by atoms with Crippen LogP contribution in [0.25, 0.3) is 0 Å². The molecule has 0 aliphatic heterocycles. The normalized spacial score (nSPS) is 13.8. The summed E-state index contributed by atoms with van der Waals surface area (Å²) in [5.41, 5.74) is 1.77. The summed E-state index contributed by atoms with van der Waals surface area (Å²) in [6.07, 6.45) is -4.69. The van der Waals surface area contributed by atoms with Crippen LogP contribution in [-0.2, 0) is 0 Å². The molecule has 0 aliphatic rings. The number of methoxy groups -OCH3 is 2. The lowest BCUT2D eigenvalue weighted by atomic mass is 10.0. The first-order chi connectivity index (χ1) is 12.2. The van der Waals surface area contributed by atoms with Crippen LogP contribution in [0.3, 0.4) is 0 Å². The molecule has 0 saturated carbocycles. The van der Waals surface area contributed by atoms with Gasteiger partial charge in [0.05, 0.1) is 14.2 Å². The molecule has 2 aromatic rings. The van der Waals surface area contributed by atoms with Crippen molar-refractivity contribution in [2.75, 3.05) is 14.2 Å². The number of alkyl halides is 3. The van der Waals surface area contributed by atoms with Crippen molar-refractivity contribution in [1.29, 1.82) is 0 Å². The molecule has 0 bridgehead atoms. The van der Waals surface area contributed by atoms with Crippen LogP contribution in [0.4, 0.5) is 13.2 Å². The van der Waals surface area contributed by atoms with Crippen molar-refractivity contribution < 1.29 is 27.4 Å². The van der Waals surface area contributed by atoms with Gasteiger partial charge in [0.2, 0.25) is 0 Å². The summed E-state index contributed by atoms with van der Waals surface area (Å²) in [7, 11) is 3.19. The first-order valence-corrected chi connectivity index (χ1v) is 8.07. The molecule has 0 aliphatic carbocycles. The van der Waals surface area contributed by atoms with Crippen molar-refractivity contribution in [3.63, 3.8) is 0 Å². The number of halogens is 3. The molecular weight excluding hydrogens is 347 g/mol. The van der Waals surface area contributed by atoms with E-state index in [1.807, 2.05) is 32.0 Å². The van der Waals surface area contributed by atoms with Gasteiger partial charge in [0.1, 0.15) is 17.2 Å². The Labute approximate surface area is 150 Å². The molecule has 1 N–H and O–H groups in total. The van der Waals surface area contributed by atoms with E-state index < -0.39 is 6.36 Å². The number of ether oxygens (including phenoxy) is 3. The minimum Gasteiger partial charge on any atom is -0.497 e. The molecule has 0 fully saturated rings. The third-order valence-corrected chi connectivity index (χ3v) is 4.02. The van der Waals surface area contributed by atoms with Crippen LogP contribution in [0.15, 0.2) is 42.5 Å². The van der Waals surface area contributed by atoms with Gasteiger partial charge in [-0.15, -0.1) is 13.2 Å². The topological polar surface area (TPSA) is 39.7 Å². The van der Waals surface area contributed by atoms with Gasteiger partial charge in [-0.05, 0) is 49.7 Å². The molecule has 7 heteroatoms. The molecule has 2 unspecified atom stereocenters. The second-order valence-corrected chi connectivity index (χ2v) is 5.83. The summed E-state index contributed by atoms with van der Waals surface area (Å²) in [4.78, 5) is 0. The molecule has 0 aromatic heterocycles. The summed E-state index contributed by atoms with van der Waals surface area (Å²) in [5.74, 6) is 1.21. The molecule has 0 heterocycles. The molecule has 0 saturated heterocycles. The first kappa shape index (κ1) is 19.9. The number of hydrogen-bond donors (Lipinski definition) is 1. The number of hydrogen-bond acceptors (Lipinski definition) is 4. The zero-order chi connectivity index (χ0) is 19.3. The molecular formula is C19H22F3NO3. The Kier molecular flexibility index (Phi) is 6.37. The fourth-order valence-electron chi connectivity index (χ4n) is 2.70. The Balaban J connectivity index is 2.10. The van der Waals surface area contributed by atoms with Gasteiger partial charge >= 0.3 is 6.36 Å². The molecule has 0 radical (unpaired) electrons. The summed E-state index contributed by atoms with van der Waals surface area (Å²) in [6, 6.07) is 11.2. The van der Waals surface area contributed by atoms with E-state index in [9.17, 15) is 13.2 Å². The van der Waals surface area contributed by atoms with Crippen molar-refractivity contribution >= 4 is 0 Å². The maximum absolute atomic E-state index is 12.2. The molecule has 0 amide bonds. The van der Waals surface area contributed by atoms with Crippen LogP contribution in [0.5, 0.6) is 17.2 Å². The fourth-order valence-corrected chi connectivity index (χ4v) is 2.70. The van der Waals surface area contributed by atoms with Crippen molar-refractivity contribution in [3.05, 3.63) is 53.6 Å². The molecule has 2 atom stereocenters. The molecule has 26 heavy (non-hydrogen) atoms. The maximum atomic E-state index is 12.2. The highest BCUT2D eigenvalue weighted by molar-refractivity contribution is 5.42. The van der Waals surface area contributed by atoms with Crippen molar-refractivity contribution in [2.24, 2.45) is 0 Å². The van der Waals surface area contributed by atoms with E-state index in [1.54, 1.807) is 26.4 Å². The number of benzene rings is 2. The van der Waals surface area contributed by atoms with Gasteiger partial charge in [-0.2, -0.15) is 0 Å². The lowest BCUT2D eigenvalue weighted by Gasteiger charge is -2.23. The van der Waals surface area contributed by atoms with E-state index in [1.165, 1.54) is 12.1 Å². The van der Waals surface area contributed by atoms with Crippen LogP contribution < -0.4 is 19.5 Å². The van der Waals surface area contributed by atoms with E-state index in [0.717, 1.165) is 22.6 Å². The van der Waals surface area contributed by atoms with E-state index in [2.05, 4.69) is 10.1 Å². The summed E-state index contributed by atoms with van der Waals surface area (Å²) in [5, 5.41) is 3.41.